The number of carbonyl (C=O) groups excluding carboxylic acids is 1. The minimum absolute atomic E-state index is 0.120. The molecule has 3 aromatic rings. The van der Waals surface area contributed by atoms with E-state index >= 15 is 0 Å². The Kier molecular flexibility index (Phi) is 4.60. The van der Waals surface area contributed by atoms with Crippen LogP contribution < -0.4 is 5.32 Å². The molecule has 1 N–H and O–H groups in total. The van der Waals surface area contributed by atoms with Gasteiger partial charge in [0, 0.05) is 5.38 Å². The summed E-state index contributed by atoms with van der Waals surface area (Å²) in [5, 5.41) is 7.87. The molecule has 0 aliphatic heterocycles. The second kappa shape index (κ2) is 6.64. The van der Waals surface area contributed by atoms with Crippen molar-refractivity contribution in [3.05, 3.63) is 34.3 Å². The van der Waals surface area contributed by atoms with Crippen LogP contribution in [0.5, 0.6) is 0 Å². The molecular formula is C14H13N3O2S3. The van der Waals surface area contributed by atoms with E-state index in [1.54, 1.807) is 11.3 Å². The number of nitrogens with zero attached hydrogens (tertiary/aromatic N) is 2. The molecule has 0 saturated carbocycles. The molecule has 3 rings (SSSR count). The molecule has 0 aliphatic rings. The number of hydrogen-bond donors (Lipinski definition) is 1. The minimum Gasteiger partial charge on any atom is -0.437 e. The first-order chi connectivity index (χ1) is 10.6. The van der Waals surface area contributed by atoms with Crippen molar-refractivity contribution in [2.75, 3.05) is 11.1 Å². The Balaban J connectivity index is 1.55. The summed E-state index contributed by atoms with van der Waals surface area (Å²) in [6, 6.07) is 3.99. The predicted octanol–water partition coefficient (Wildman–Crippen LogP) is 4.21. The van der Waals surface area contributed by atoms with Gasteiger partial charge in [0.05, 0.1) is 22.0 Å². The third kappa shape index (κ3) is 3.57. The number of hydrogen-bond acceptors (Lipinski definition) is 7. The van der Waals surface area contributed by atoms with Crippen LogP contribution in [0.3, 0.4) is 0 Å². The standard InChI is InChI=1S/C14H13N3O2S3/c1-8-9(2)19-14(15-8)22-7-12(18)17-13-16-10(6-21-13)11-4-3-5-20-11/h3-6H,7H2,1-2H3,(H,16,17,18). The molecular weight excluding hydrogens is 338 g/mol. The van der Waals surface area contributed by atoms with Gasteiger partial charge in [-0.2, -0.15) is 0 Å². The van der Waals surface area contributed by atoms with Crippen molar-refractivity contribution in [2.24, 2.45) is 0 Å². The number of aromatic nitrogens is 2. The fraction of sp³-hybridized carbons (Fsp3) is 0.214. The van der Waals surface area contributed by atoms with Crippen LogP contribution in [-0.4, -0.2) is 21.6 Å². The van der Waals surface area contributed by atoms with Gasteiger partial charge in [-0.1, -0.05) is 17.8 Å². The summed E-state index contributed by atoms with van der Waals surface area (Å²) >= 11 is 4.32. The van der Waals surface area contributed by atoms with Crippen molar-refractivity contribution >= 4 is 45.5 Å². The molecule has 0 aromatic carbocycles. The molecule has 3 heterocycles. The summed E-state index contributed by atoms with van der Waals surface area (Å²) in [6.07, 6.45) is 0. The summed E-state index contributed by atoms with van der Waals surface area (Å²) in [5.41, 5.74) is 1.74. The van der Waals surface area contributed by atoms with Crippen LogP contribution in [0.4, 0.5) is 5.13 Å². The molecule has 3 aromatic heterocycles. The Labute approximate surface area is 139 Å². The van der Waals surface area contributed by atoms with E-state index in [1.807, 2.05) is 36.7 Å². The van der Waals surface area contributed by atoms with Crippen LogP contribution >= 0.6 is 34.4 Å². The lowest BCUT2D eigenvalue weighted by Gasteiger charge is -1.99. The van der Waals surface area contributed by atoms with Gasteiger partial charge in [0.25, 0.3) is 5.22 Å². The lowest BCUT2D eigenvalue weighted by Crippen LogP contribution is -2.13. The highest BCUT2D eigenvalue weighted by molar-refractivity contribution is 7.99. The van der Waals surface area contributed by atoms with E-state index < -0.39 is 0 Å². The maximum absolute atomic E-state index is 11.9. The van der Waals surface area contributed by atoms with E-state index in [-0.39, 0.29) is 11.7 Å². The molecule has 0 bridgehead atoms. The molecule has 0 fully saturated rings. The van der Waals surface area contributed by atoms with Crippen molar-refractivity contribution in [1.82, 2.24) is 9.97 Å². The first-order valence-corrected chi connectivity index (χ1v) is 9.22. The second-order valence-corrected chi connectivity index (χ2v) is 7.21. The fourth-order valence-electron chi connectivity index (χ4n) is 1.66. The van der Waals surface area contributed by atoms with E-state index in [9.17, 15) is 4.79 Å². The molecule has 8 heteroatoms. The monoisotopic (exact) mass is 351 g/mol. The molecule has 22 heavy (non-hydrogen) atoms. The summed E-state index contributed by atoms with van der Waals surface area (Å²) in [4.78, 5) is 21.7. The van der Waals surface area contributed by atoms with Crippen LogP contribution in [0.1, 0.15) is 11.5 Å². The number of carbonyl (C=O) groups is 1. The average Bonchev–Trinajstić information content (AvgIpc) is 3.19. The number of anilines is 1. The van der Waals surface area contributed by atoms with E-state index in [0.29, 0.717) is 10.4 Å². The highest BCUT2D eigenvalue weighted by Crippen LogP contribution is 2.28. The van der Waals surface area contributed by atoms with Gasteiger partial charge in [-0.25, -0.2) is 9.97 Å². The zero-order chi connectivity index (χ0) is 15.5. The predicted molar refractivity (Wildman–Crippen MR) is 90.8 cm³/mol. The van der Waals surface area contributed by atoms with E-state index in [2.05, 4.69) is 15.3 Å². The highest BCUT2D eigenvalue weighted by atomic mass is 32.2. The van der Waals surface area contributed by atoms with Gasteiger partial charge in [0.1, 0.15) is 5.76 Å². The number of nitrogens with one attached hydrogen (secondary N) is 1. The van der Waals surface area contributed by atoms with Crippen LogP contribution in [0.25, 0.3) is 10.6 Å². The molecule has 0 spiro atoms. The molecule has 1 amide bonds. The quantitative estimate of drug-likeness (QED) is 0.698. The fourth-order valence-corrected chi connectivity index (χ4v) is 3.86. The van der Waals surface area contributed by atoms with Gasteiger partial charge in [0.15, 0.2) is 5.13 Å². The summed E-state index contributed by atoms with van der Waals surface area (Å²) in [6.45, 7) is 3.73. The Morgan fingerprint density at radius 1 is 1.36 bits per heavy atom. The average molecular weight is 351 g/mol. The van der Waals surface area contributed by atoms with Gasteiger partial charge in [-0.05, 0) is 25.3 Å². The van der Waals surface area contributed by atoms with Crippen molar-refractivity contribution in [2.45, 2.75) is 19.1 Å². The molecule has 0 radical (unpaired) electrons. The van der Waals surface area contributed by atoms with Crippen LogP contribution in [-0.2, 0) is 4.79 Å². The zero-order valence-corrected chi connectivity index (χ0v) is 14.4. The smallest absolute Gasteiger partial charge is 0.256 e. The molecule has 0 saturated heterocycles. The Hall–Kier alpha value is -1.64. The maximum Gasteiger partial charge on any atom is 0.256 e. The van der Waals surface area contributed by atoms with Gasteiger partial charge in [-0.15, -0.1) is 22.7 Å². The first kappa shape index (κ1) is 15.3. The Bertz CT molecular complexity index is 758. The van der Waals surface area contributed by atoms with Crippen LogP contribution in [0, 0.1) is 13.8 Å². The zero-order valence-electron chi connectivity index (χ0n) is 12.0. The molecule has 0 unspecified atom stereocenters. The molecule has 0 aliphatic carbocycles. The van der Waals surface area contributed by atoms with Crippen molar-refractivity contribution in [3.8, 4) is 10.6 Å². The number of thiazole rings is 1. The van der Waals surface area contributed by atoms with Gasteiger partial charge in [-0.3, -0.25) is 4.79 Å². The van der Waals surface area contributed by atoms with Gasteiger partial charge < -0.3 is 9.73 Å². The van der Waals surface area contributed by atoms with E-state index in [0.717, 1.165) is 22.0 Å². The van der Waals surface area contributed by atoms with Crippen molar-refractivity contribution in [3.63, 3.8) is 0 Å². The summed E-state index contributed by atoms with van der Waals surface area (Å²) < 4.78 is 5.43. The number of rotatable bonds is 5. The lowest BCUT2D eigenvalue weighted by molar-refractivity contribution is -0.113. The lowest BCUT2D eigenvalue weighted by atomic mass is 10.4. The summed E-state index contributed by atoms with van der Waals surface area (Å²) in [7, 11) is 0. The number of thiophene rings is 1. The maximum atomic E-state index is 11.9. The normalized spacial score (nSPS) is 10.8. The van der Waals surface area contributed by atoms with E-state index in [1.165, 1.54) is 23.1 Å². The Morgan fingerprint density at radius 3 is 2.91 bits per heavy atom. The second-order valence-electron chi connectivity index (χ2n) is 4.47. The third-order valence-electron chi connectivity index (χ3n) is 2.86. The number of thioether (sulfide) groups is 1. The van der Waals surface area contributed by atoms with E-state index in [4.69, 9.17) is 4.42 Å². The van der Waals surface area contributed by atoms with Crippen LogP contribution in [0.2, 0.25) is 0 Å². The molecule has 114 valence electrons. The van der Waals surface area contributed by atoms with Gasteiger partial charge >= 0.3 is 0 Å². The van der Waals surface area contributed by atoms with Crippen molar-refractivity contribution < 1.29 is 9.21 Å². The molecule has 0 atom stereocenters. The number of oxazole rings is 1. The SMILES string of the molecule is Cc1nc(SCC(=O)Nc2nc(-c3cccs3)cs2)oc1C. The van der Waals surface area contributed by atoms with Crippen molar-refractivity contribution in [1.29, 1.82) is 0 Å². The largest absolute Gasteiger partial charge is 0.437 e. The Morgan fingerprint density at radius 2 is 2.23 bits per heavy atom. The topological polar surface area (TPSA) is 68.0 Å². The number of aryl methyl sites for hydroxylation is 2. The highest BCUT2D eigenvalue weighted by Gasteiger charge is 2.12. The van der Waals surface area contributed by atoms with Gasteiger partial charge in [0.2, 0.25) is 5.91 Å². The molecule has 5 nitrogen and oxygen atoms in total. The van der Waals surface area contributed by atoms with Crippen LogP contribution in [0.15, 0.2) is 32.5 Å². The summed E-state index contributed by atoms with van der Waals surface area (Å²) in [5.74, 6) is 0.904. The first-order valence-electron chi connectivity index (χ1n) is 6.48. The number of amides is 1. The minimum atomic E-state index is -0.120. The third-order valence-corrected chi connectivity index (χ3v) is 5.34.